The Morgan fingerprint density at radius 3 is 1.48 bits per heavy atom. The van der Waals surface area contributed by atoms with E-state index < -0.39 is 0 Å². The summed E-state index contributed by atoms with van der Waals surface area (Å²) in [6.07, 6.45) is 7.69. The topological polar surface area (TPSA) is 68.2 Å². The molecule has 0 aliphatic rings. The van der Waals surface area contributed by atoms with Crippen molar-refractivity contribution in [3.8, 4) is 23.0 Å². The number of allylic oxidation sites excluding steroid dienone is 2. The lowest BCUT2D eigenvalue weighted by Crippen LogP contribution is -2.03. The molecule has 2 aromatic rings. The summed E-state index contributed by atoms with van der Waals surface area (Å²) in [6.45, 7) is 4.30. The second kappa shape index (κ2) is 9.69. The van der Waals surface area contributed by atoms with Gasteiger partial charge >= 0.3 is 0 Å². The molecule has 5 heteroatoms. The van der Waals surface area contributed by atoms with Crippen LogP contribution in [0.1, 0.15) is 36.1 Å². The third-order valence-corrected chi connectivity index (χ3v) is 4.15. The summed E-state index contributed by atoms with van der Waals surface area (Å²) >= 11 is 0. The number of hydrogen-bond acceptors (Lipinski definition) is 5. The van der Waals surface area contributed by atoms with Gasteiger partial charge in [0.15, 0.2) is 23.0 Å². The number of rotatable bonds is 8. The first-order chi connectivity index (χ1) is 13.1. The van der Waals surface area contributed by atoms with Gasteiger partial charge < -0.3 is 24.4 Å². The third-order valence-electron chi connectivity index (χ3n) is 4.15. The molecule has 2 rings (SSSR count). The Hall–Kier alpha value is -2.92. The first-order valence-electron chi connectivity index (χ1n) is 8.68. The van der Waals surface area contributed by atoms with Crippen molar-refractivity contribution in [1.82, 2.24) is 0 Å². The van der Waals surface area contributed by atoms with Crippen LogP contribution in [-0.4, -0.2) is 24.4 Å². The minimum Gasteiger partial charge on any atom is -0.504 e. The minimum atomic E-state index is 0.0638. The molecule has 0 bridgehead atoms. The fraction of sp³-hybridized carbons (Fsp3) is 0.273. The van der Waals surface area contributed by atoms with Crippen molar-refractivity contribution >= 4 is 12.2 Å². The van der Waals surface area contributed by atoms with E-state index in [2.05, 4.69) is 0 Å². The summed E-state index contributed by atoms with van der Waals surface area (Å²) in [5, 5.41) is 20.1. The summed E-state index contributed by atoms with van der Waals surface area (Å²) in [6, 6.07) is 6.83. The van der Waals surface area contributed by atoms with Crippen molar-refractivity contribution in [3.05, 3.63) is 58.7 Å². The predicted octanol–water partition coefficient (Wildman–Crippen LogP) is 4.90. The minimum absolute atomic E-state index is 0.0638. The molecule has 2 aromatic carbocycles. The SMILES string of the molecule is C/C=C\c1ccc(O)c(OC)c1COCc1c(/C=C/C)ccc(O)c1OC. The first-order valence-corrected chi connectivity index (χ1v) is 8.68. The second-order valence-corrected chi connectivity index (χ2v) is 5.86. The lowest BCUT2D eigenvalue weighted by atomic mass is 10.0. The van der Waals surface area contributed by atoms with E-state index in [9.17, 15) is 10.2 Å². The summed E-state index contributed by atoms with van der Waals surface area (Å²) < 4.78 is 16.6. The van der Waals surface area contributed by atoms with E-state index in [-0.39, 0.29) is 24.7 Å². The molecule has 0 aromatic heterocycles. The number of benzene rings is 2. The lowest BCUT2D eigenvalue weighted by molar-refractivity contribution is 0.103. The fourth-order valence-electron chi connectivity index (χ4n) is 2.94. The monoisotopic (exact) mass is 370 g/mol. The Bertz CT molecular complexity index is 768. The highest BCUT2D eigenvalue weighted by Gasteiger charge is 2.16. The highest BCUT2D eigenvalue weighted by atomic mass is 16.5. The van der Waals surface area contributed by atoms with Gasteiger partial charge in [-0.15, -0.1) is 0 Å². The van der Waals surface area contributed by atoms with Gasteiger partial charge in [0.25, 0.3) is 0 Å². The molecule has 0 saturated carbocycles. The average molecular weight is 370 g/mol. The maximum Gasteiger partial charge on any atom is 0.166 e. The van der Waals surface area contributed by atoms with Gasteiger partial charge in [0.1, 0.15) is 0 Å². The molecule has 0 radical (unpaired) electrons. The number of ether oxygens (including phenoxy) is 3. The Labute approximate surface area is 160 Å². The van der Waals surface area contributed by atoms with Gasteiger partial charge in [-0.05, 0) is 37.1 Å². The predicted molar refractivity (Wildman–Crippen MR) is 107 cm³/mol. The second-order valence-electron chi connectivity index (χ2n) is 5.86. The van der Waals surface area contributed by atoms with Gasteiger partial charge in [0.2, 0.25) is 0 Å². The number of hydrogen-bond donors (Lipinski definition) is 2. The molecular formula is C22H26O5. The van der Waals surface area contributed by atoms with Gasteiger partial charge in [-0.2, -0.15) is 0 Å². The van der Waals surface area contributed by atoms with E-state index in [4.69, 9.17) is 14.2 Å². The molecule has 5 nitrogen and oxygen atoms in total. The van der Waals surface area contributed by atoms with Crippen molar-refractivity contribution in [3.63, 3.8) is 0 Å². The zero-order chi connectivity index (χ0) is 19.8. The highest BCUT2D eigenvalue weighted by molar-refractivity contribution is 5.62. The standard InChI is InChI=1S/C22H26O5/c1-5-7-15-9-11-19(23)21(25-3)17(15)13-27-14-18-16(8-6-2)10-12-20(24)22(18)26-4/h5-12,23-24H,13-14H2,1-4H3/b7-5-,8-6+. The summed E-state index contributed by atoms with van der Waals surface area (Å²) in [5.41, 5.74) is 3.32. The molecule has 27 heavy (non-hydrogen) atoms. The normalized spacial score (nSPS) is 11.4. The summed E-state index contributed by atoms with van der Waals surface area (Å²) in [5.74, 6) is 0.909. The first kappa shape index (κ1) is 20.4. The van der Waals surface area contributed by atoms with Crippen LogP contribution in [0.15, 0.2) is 36.4 Å². The smallest absolute Gasteiger partial charge is 0.166 e. The fourth-order valence-corrected chi connectivity index (χ4v) is 2.94. The van der Waals surface area contributed by atoms with E-state index >= 15 is 0 Å². The van der Waals surface area contributed by atoms with Gasteiger partial charge in [0, 0.05) is 11.1 Å². The molecule has 0 amide bonds. The highest BCUT2D eigenvalue weighted by Crippen LogP contribution is 2.36. The number of methoxy groups -OCH3 is 2. The number of aromatic hydroxyl groups is 2. The van der Waals surface area contributed by atoms with Crippen LogP contribution in [0.25, 0.3) is 12.2 Å². The van der Waals surface area contributed by atoms with Gasteiger partial charge in [-0.3, -0.25) is 0 Å². The molecule has 0 saturated heterocycles. The number of phenolic OH excluding ortho intramolecular Hbond substituents is 2. The van der Waals surface area contributed by atoms with Crippen molar-refractivity contribution in [2.75, 3.05) is 14.2 Å². The maximum absolute atomic E-state index is 10.1. The van der Waals surface area contributed by atoms with Crippen LogP contribution < -0.4 is 9.47 Å². The average Bonchev–Trinajstić information content (AvgIpc) is 2.66. The Morgan fingerprint density at radius 1 is 0.741 bits per heavy atom. The van der Waals surface area contributed by atoms with Crippen molar-refractivity contribution in [2.24, 2.45) is 0 Å². The largest absolute Gasteiger partial charge is 0.504 e. The molecule has 0 aliphatic carbocycles. The van der Waals surface area contributed by atoms with E-state index in [1.54, 1.807) is 12.1 Å². The molecular weight excluding hydrogens is 344 g/mol. The molecule has 0 fully saturated rings. The summed E-state index contributed by atoms with van der Waals surface area (Å²) in [7, 11) is 3.03. The van der Waals surface area contributed by atoms with Gasteiger partial charge in [-0.1, -0.05) is 36.4 Å². The van der Waals surface area contributed by atoms with Crippen LogP contribution in [0.3, 0.4) is 0 Å². The van der Waals surface area contributed by atoms with Crippen LogP contribution in [0, 0.1) is 0 Å². The summed E-state index contributed by atoms with van der Waals surface area (Å²) in [4.78, 5) is 0. The van der Waals surface area contributed by atoms with Crippen molar-refractivity contribution in [2.45, 2.75) is 27.1 Å². The quantitative estimate of drug-likeness (QED) is 0.692. The van der Waals surface area contributed by atoms with E-state index in [0.717, 1.165) is 22.3 Å². The molecule has 0 atom stereocenters. The zero-order valence-corrected chi connectivity index (χ0v) is 16.2. The van der Waals surface area contributed by atoms with Gasteiger partial charge in [-0.25, -0.2) is 0 Å². The maximum atomic E-state index is 10.1. The molecule has 0 unspecified atom stereocenters. The van der Waals surface area contributed by atoms with Crippen LogP contribution in [0.5, 0.6) is 23.0 Å². The van der Waals surface area contributed by atoms with Crippen LogP contribution >= 0.6 is 0 Å². The Kier molecular flexibility index (Phi) is 7.32. The van der Waals surface area contributed by atoms with Crippen molar-refractivity contribution in [1.29, 1.82) is 0 Å². The zero-order valence-electron chi connectivity index (χ0n) is 16.2. The van der Waals surface area contributed by atoms with Gasteiger partial charge in [0.05, 0.1) is 27.4 Å². The van der Waals surface area contributed by atoms with Crippen LogP contribution in [0.2, 0.25) is 0 Å². The molecule has 0 spiro atoms. The third kappa shape index (κ3) is 4.63. The van der Waals surface area contributed by atoms with Crippen molar-refractivity contribution < 1.29 is 24.4 Å². The van der Waals surface area contributed by atoms with E-state index in [1.165, 1.54) is 14.2 Å². The van der Waals surface area contributed by atoms with E-state index in [1.807, 2.05) is 50.3 Å². The Balaban J connectivity index is 2.32. The Morgan fingerprint density at radius 2 is 1.15 bits per heavy atom. The van der Waals surface area contributed by atoms with E-state index in [0.29, 0.717) is 11.5 Å². The molecule has 144 valence electrons. The lowest BCUT2D eigenvalue weighted by Gasteiger charge is -2.16. The number of phenols is 2. The van der Waals surface area contributed by atoms with Crippen LogP contribution in [0.4, 0.5) is 0 Å². The molecule has 0 aliphatic heterocycles. The molecule has 0 heterocycles. The molecule has 2 N–H and O–H groups in total. The van der Waals surface area contributed by atoms with Crippen LogP contribution in [-0.2, 0) is 18.0 Å².